The van der Waals surface area contributed by atoms with Crippen LogP contribution >= 0.6 is 0 Å². The molecule has 12 rings (SSSR count). The summed E-state index contributed by atoms with van der Waals surface area (Å²) < 4.78 is 6.21. The van der Waals surface area contributed by atoms with Crippen molar-refractivity contribution in [2.24, 2.45) is 0 Å². The molecule has 0 aliphatic heterocycles. The molecule has 314 valence electrons. The first-order valence-electron chi connectivity index (χ1n) is 22.7. The molecular formula is C63H46N2O. The van der Waals surface area contributed by atoms with E-state index in [0.717, 1.165) is 78.3 Å². The van der Waals surface area contributed by atoms with Crippen LogP contribution in [0.4, 0.5) is 34.1 Å². The number of hydrogen-bond acceptors (Lipinski definition) is 3. The number of nitrogens with zero attached hydrogens (tertiary/aromatic N) is 2. The van der Waals surface area contributed by atoms with E-state index in [0.29, 0.717) is 0 Å². The van der Waals surface area contributed by atoms with Crippen molar-refractivity contribution in [3.8, 4) is 44.5 Å². The zero-order valence-electron chi connectivity index (χ0n) is 36.9. The Balaban J connectivity index is 0.916. The highest BCUT2D eigenvalue weighted by Crippen LogP contribution is 2.51. The fourth-order valence-corrected chi connectivity index (χ4v) is 10.1. The summed E-state index contributed by atoms with van der Waals surface area (Å²) in [5, 5.41) is 2.22. The maximum Gasteiger partial charge on any atom is 0.135 e. The third-order valence-corrected chi connectivity index (χ3v) is 13.4. The van der Waals surface area contributed by atoms with Gasteiger partial charge in [0.15, 0.2) is 0 Å². The van der Waals surface area contributed by atoms with Crippen LogP contribution in [0.15, 0.2) is 247 Å². The summed E-state index contributed by atoms with van der Waals surface area (Å²) in [6.45, 7) is 4.69. The van der Waals surface area contributed by atoms with Crippen LogP contribution < -0.4 is 9.80 Å². The monoisotopic (exact) mass is 846 g/mol. The molecular weight excluding hydrogens is 801 g/mol. The van der Waals surface area contributed by atoms with E-state index in [9.17, 15) is 0 Å². The summed E-state index contributed by atoms with van der Waals surface area (Å²) in [5.74, 6) is 0. The first-order valence-corrected chi connectivity index (χ1v) is 22.7. The van der Waals surface area contributed by atoms with Crippen molar-refractivity contribution in [1.29, 1.82) is 0 Å². The fourth-order valence-electron chi connectivity index (χ4n) is 10.1. The number of furan rings is 1. The first-order chi connectivity index (χ1) is 32.5. The minimum absolute atomic E-state index is 0.0948. The van der Waals surface area contributed by atoms with Crippen LogP contribution in [0, 0.1) is 0 Å². The third kappa shape index (κ3) is 6.85. The van der Waals surface area contributed by atoms with Gasteiger partial charge in [-0.3, -0.25) is 0 Å². The van der Waals surface area contributed by atoms with Gasteiger partial charge in [0.05, 0.1) is 0 Å². The van der Waals surface area contributed by atoms with Gasteiger partial charge in [-0.1, -0.05) is 153 Å². The summed E-state index contributed by atoms with van der Waals surface area (Å²) in [5.41, 5.74) is 20.7. The van der Waals surface area contributed by atoms with Crippen LogP contribution in [-0.2, 0) is 5.41 Å². The maximum atomic E-state index is 6.21. The molecule has 0 radical (unpaired) electrons. The van der Waals surface area contributed by atoms with Gasteiger partial charge in [0.1, 0.15) is 11.2 Å². The Hall–Kier alpha value is -8.40. The van der Waals surface area contributed by atoms with E-state index in [1.807, 2.05) is 12.1 Å². The Bertz CT molecular complexity index is 3540. The van der Waals surface area contributed by atoms with Crippen LogP contribution in [0.2, 0.25) is 0 Å². The molecule has 1 heterocycles. The molecule has 0 unspecified atom stereocenters. The Morgan fingerprint density at radius 2 is 0.712 bits per heavy atom. The topological polar surface area (TPSA) is 19.6 Å². The molecule has 3 nitrogen and oxygen atoms in total. The molecule has 0 saturated carbocycles. The van der Waals surface area contributed by atoms with Gasteiger partial charge >= 0.3 is 0 Å². The molecule has 1 aliphatic carbocycles. The van der Waals surface area contributed by atoms with Crippen molar-refractivity contribution in [2.45, 2.75) is 19.3 Å². The SMILES string of the molecule is CC1(C)c2ccccc2-c2ccc(N(c3ccccc3)c3ccc(-c4cc(-c5ccccc5)cc(-c5ccc(N(c6ccccc6)c6ccc7oc8ccccc8c7c6)cc5)c4)cc3)cc21. The molecule has 10 aromatic carbocycles. The number of para-hydroxylation sites is 3. The van der Waals surface area contributed by atoms with E-state index in [-0.39, 0.29) is 5.41 Å². The molecule has 0 bridgehead atoms. The second-order valence-corrected chi connectivity index (χ2v) is 17.8. The average Bonchev–Trinajstić information content (AvgIpc) is 3.86. The molecule has 0 atom stereocenters. The molecule has 0 fully saturated rings. The summed E-state index contributed by atoms with van der Waals surface area (Å²) in [6, 6.07) is 87.6. The molecule has 1 aromatic heterocycles. The van der Waals surface area contributed by atoms with Crippen LogP contribution in [0.3, 0.4) is 0 Å². The van der Waals surface area contributed by atoms with Gasteiger partial charge in [-0.25, -0.2) is 0 Å². The standard InChI is InChI=1S/C63H46N2O/c1-63(2)59-24-14-12-22-55(59)56-36-34-54(42-60(56)63)65(50-20-10-5-11-21-50)52-32-28-45(29-33-52)48-39-46(43-16-6-3-7-17-43)38-47(40-48)44-26-30-51(31-27-44)64(49-18-8-4-9-19-49)53-35-37-62-58(41-53)57-23-13-15-25-61(57)66-62/h3-42H,1-2H3. The predicted octanol–water partition coefficient (Wildman–Crippen LogP) is 17.8. The molecule has 0 amide bonds. The molecule has 0 spiro atoms. The zero-order valence-corrected chi connectivity index (χ0v) is 36.9. The van der Waals surface area contributed by atoms with E-state index in [1.54, 1.807) is 0 Å². The maximum absolute atomic E-state index is 6.21. The van der Waals surface area contributed by atoms with Gasteiger partial charge in [0.2, 0.25) is 0 Å². The van der Waals surface area contributed by atoms with Crippen molar-refractivity contribution in [3.63, 3.8) is 0 Å². The highest BCUT2D eigenvalue weighted by Gasteiger charge is 2.35. The zero-order chi connectivity index (χ0) is 44.2. The third-order valence-electron chi connectivity index (χ3n) is 13.4. The van der Waals surface area contributed by atoms with Crippen molar-refractivity contribution in [1.82, 2.24) is 0 Å². The second kappa shape index (κ2) is 16.0. The molecule has 11 aromatic rings. The Morgan fingerprint density at radius 3 is 1.32 bits per heavy atom. The lowest BCUT2D eigenvalue weighted by Crippen LogP contribution is -2.16. The van der Waals surface area contributed by atoms with E-state index < -0.39 is 0 Å². The largest absolute Gasteiger partial charge is 0.456 e. The number of benzene rings is 10. The summed E-state index contributed by atoms with van der Waals surface area (Å²) in [4.78, 5) is 4.70. The smallest absolute Gasteiger partial charge is 0.135 e. The van der Waals surface area contributed by atoms with Crippen LogP contribution in [0.5, 0.6) is 0 Å². The number of anilines is 6. The lowest BCUT2D eigenvalue weighted by Gasteiger charge is -2.28. The average molecular weight is 847 g/mol. The van der Waals surface area contributed by atoms with Crippen molar-refractivity contribution < 1.29 is 4.42 Å². The Labute approximate surface area is 386 Å². The van der Waals surface area contributed by atoms with Gasteiger partial charge in [-0.15, -0.1) is 0 Å². The molecule has 3 heteroatoms. The van der Waals surface area contributed by atoms with Gasteiger partial charge < -0.3 is 14.2 Å². The van der Waals surface area contributed by atoms with E-state index >= 15 is 0 Å². The quantitative estimate of drug-likeness (QED) is 0.144. The summed E-state index contributed by atoms with van der Waals surface area (Å²) in [6.07, 6.45) is 0. The minimum Gasteiger partial charge on any atom is -0.456 e. The second-order valence-electron chi connectivity index (χ2n) is 17.8. The minimum atomic E-state index is -0.0948. The molecule has 0 saturated heterocycles. The van der Waals surface area contributed by atoms with E-state index in [1.165, 1.54) is 33.4 Å². The van der Waals surface area contributed by atoms with Gasteiger partial charge in [0.25, 0.3) is 0 Å². The molecule has 0 N–H and O–H groups in total. The Morgan fingerprint density at radius 1 is 0.288 bits per heavy atom. The lowest BCUT2D eigenvalue weighted by molar-refractivity contribution is 0.660. The van der Waals surface area contributed by atoms with Crippen LogP contribution in [-0.4, -0.2) is 0 Å². The van der Waals surface area contributed by atoms with E-state index in [4.69, 9.17) is 4.42 Å². The molecule has 66 heavy (non-hydrogen) atoms. The normalized spacial score (nSPS) is 12.5. The highest BCUT2D eigenvalue weighted by molar-refractivity contribution is 6.06. The number of hydrogen-bond donors (Lipinski definition) is 0. The lowest BCUT2D eigenvalue weighted by atomic mass is 9.82. The number of fused-ring (bicyclic) bond motifs is 6. The predicted molar refractivity (Wildman–Crippen MR) is 277 cm³/mol. The molecule has 1 aliphatic rings. The van der Waals surface area contributed by atoms with Crippen molar-refractivity contribution in [3.05, 3.63) is 254 Å². The van der Waals surface area contributed by atoms with E-state index in [2.05, 4.69) is 254 Å². The Kier molecular flexibility index (Phi) is 9.50. The summed E-state index contributed by atoms with van der Waals surface area (Å²) in [7, 11) is 0. The number of rotatable bonds is 9. The fraction of sp³-hybridized carbons (Fsp3) is 0.0476. The van der Waals surface area contributed by atoms with Gasteiger partial charge in [-0.05, 0) is 159 Å². The van der Waals surface area contributed by atoms with Crippen LogP contribution in [0.1, 0.15) is 25.0 Å². The van der Waals surface area contributed by atoms with Crippen molar-refractivity contribution in [2.75, 3.05) is 9.80 Å². The van der Waals surface area contributed by atoms with Crippen LogP contribution in [0.25, 0.3) is 66.4 Å². The van der Waals surface area contributed by atoms with Gasteiger partial charge in [0, 0.05) is 50.3 Å². The van der Waals surface area contributed by atoms with Crippen molar-refractivity contribution >= 4 is 56.1 Å². The van der Waals surface area contributed by atoms with Gasteiger partial charge in [-0.2, -0.15) is 0 Å². The highest BCUT2D eigenvalue weighted by atomic mass is 16.3. The summed E-state index contributed by atoms with van der Waals surface area (Å²) >= 11 is 0. The first kappa shape index (κ1) is 39.2.